The van der Waals surface area contributed by atoms with Gasteiger partial charge in [-0.15, -0.1) is 11.6 Å². The third kappa shape index (κ3) is 4.49. The average molecular weight is 339 g/mol. The number of hydrogen-bond acceptors (Lipinski definition) is 1. The fourth-order valence-corrected chi connectivity index (χ4v) is 1.74. The highest BCUT2D eigenvalue weighted by Gasteiger charge is 2.12. The Morgan fingerprint density at radius 1 is 1.47 bits per heavy atom. The Hall–Kier alpha value is -0.250. The van der Waals surface area contributed by atoms with Gasteiger partial charge in [0.25, 0.3) is 5.91 Å². The normalized spacial score (nSPS) is 12.6. The highest BCUT2D eigenvalue weighted by Crippen LogP contribution is 2.23. The molecular formula is C12H14BrCl2NO. The van der Waals surface area contributed by atoms with Gasteiger partial charge < -0.3 is 5.32 Å². The van der Waals surface area contributed by atoms with Gasteiger partial charge in [-0.3, -0.25) is 4.79 Å². The van der Waals surface area contributed by atoms with E-state index in [1.807, 2.05) is 13.8 Å². The molecule has 0 saturated heterocycles. The predicted molar refractivity (Wildman–Crippen MR) is 76.0 cm³/mol. The van der Waals surface area contributed by atoms with Crippen LogP contribution in [-0.4, -0.2) is 17.8 Å². The van der Waals surface area contributed by atoms with Gasteiger partial charge in [-0.05, 0) is 40.0 Å². The maximum atomic E-state index is 11.8. The molecule has 0 spiro atoms. The van der Waals surface area contributed by atoms with Gasteiger partial charge in [-0.25, -0.2) is 0 Å². The number of benzene rings is 1. The lowest BCUT2D eigenvalue weighted by molar-refractivity contribution is 0.0952. The Labute approximate surface area is 120 Å². The van der Waals surface area contributed by atoms with Gasteiger partial charge in [0.05, 0.1) is 10.4 Å². The van der Waals surface area contributed by atoms with Crippen molar-refractivity contribution in [3.05, 3.63) is 33.3 Å². The highest BCUT2D eigenvalue weighted by atomic mass is 79.9. The number of amides is 1. The predicted octanol–water partition coefficient (Wildman–Crippen LogP) is 4.10. The van der Waals surface area contributed by atoms with Crippen LogP contribution in [0.1, 0.15) is 24.2 Å². The van der Waals surface area contributed by atoms with E-state index in [9.17, 15) is 4.79 Å². The third-order valence-corrected chi connectivity index (χ3v) is 4.23. The summed E-state index contributed by atoms with van der Waals surface area (Å²) in [6, 6.07) is 5.05. The molecule has 5 heteroatoms. The summed E-state index contributed by atoms with van der Waals surface area (Å²) in [7, 11) is 0. The monoisotopic (exact) mass is 337 g/mol. The first-order chi connectivity index (χ1) is 7.91. The van der Waals surface area contributed by atoms with E-state index in [1.165, 1.54) is 0 Å². The lowest BCUT2D eigenvalue weighted by Gasteiger charge is -2.14. The Bertz CT molecular complexity index is 409. The van der Waals surface area contributed by atoms with Crippen LogP contribution in [0.2, 0.25) is 5.02 Å². The van der Waals surface area contributed by atoms with Crippen molar-refractivity contribution in [3.8, 4) is 0 Å². The smallest absolute Gasteiger partial charge is 0.251 e. The van der Waals surface area contributed by atoms with Crippen molar-refractivity contribution >= 4 is 45.0 Å². The molecule has 1 N–H and O–H groups in total. The van der Waals surface area contributed by atoms with E-state index in [0.717, 1.165) is 0 Å². The van der Waals surface area contributed by atoms with Crippen molar-refractivity contribution in [1.29, 1.82) is 0 Å². The highest BCUT2D eigenvalue weighted by molar-refractivity contribution is 9.10. The SMILES string of the molecule is CC(C)C(Cl)CNC(=O)c1ccc(Cl)c(Br)c1. The fourth-order valence-electron chi connectivity index (χ4n) is 1.17. The first-order valence-corrected chi connectivity index (χ1v) is 6.90. The molecule has 94 valence electrons. The van der Waals surface area contributed by atoms with Crippen LogP contribution >= 0.6 is 39.1 Å². The van der Waals surface area contributed by atoms with Gasteiger partial charge in [0.1, 0.15) is 0 Å². The summed E-state index contributed by atoms with van der Waals surface area (Å²) in [6.07, 6.45) is 0. The van der Waals surface area contributed by atoms with Crippen LogP contribution in [0.5, 0.6) is 0 Å². The van der Waals surface area contributed by atoms with Gasteiger partial charge in [-0.1, -0.05) is 25.4 Å². The van der Waals surface area contributed by atoms with E-state index in [1.54, 1.807) is 18.2 Å². The summed E-state index contributed by atoms with van der Waals surface area (Å²) in [5.74, 6) is 0.183. The van der Waals surface area contributed by atoms with Crippen LogP contribution in [0.3, 0.4) is 0 Å². The number of rotatable bonds is 4. The molecule has 0 aromatic heterocycles. The van der Waals surface area contributed by atoms with Crippen LogP contribution in [0.4, 0.5) is 0 Å². The first kappa shape index (κ1) is 14.8. The van der Waals surface area contributed by atoms with Crippen molar-refractivity contribution in [2.24, 2.45) is 5.92 Å². The van der Waals surface area contributed by atoms with Gasteiger partial charge in [0.15, 0.2) is 0 Å². The molecule has 0 aliphatic carbocycles. The number of halogens is 3. The van der Waals surface area contributed by atoms with Gasteiger partial charge in [-0.2, -0.15) is 0 Å². The van der Waals surface area contributed by atoms with Crippen LogP contribution in [0.25, 0.3) is 0 Å². The average Bonchev–Trinajstić information content (AvgIpc) is 2.28. The number of carbonyl (C=O) groups excluding carboxylic acids is 1. The molecule has 1 rings (SSSR count). The quantitative estimate of drug-likeness (QED) is 0.823. The molecule has 0 heterocycles. The molecule has 1 atom stereocenters. The largest absolute Gasteiger partial charge is 0.351 e. The zero-order valence-corrected chi connectivity index (χ0v) is 12.7. The Kier molecular flexibility index (Phi) is 5.77. The summed E-state index contributed by atoms with van der Waals surface area (Å²) in [5, 5.41) is 3.31. The second kappa shape index (κ2) is 6.62. The second-order valence-electron chi connectivity index (χ2n) is 4.10. The van der Waals surface area contributed by atoms with Crippen molar-refractivity contribution in [2.45, 2.75) is 19.2 Å². The minimum atomic E-state index is -0.145. The van der Waals surface area contributed by atoms with Gasteiger partial charge in [0, 0.05) is 16.6 Å². The lowest BCUT2D eigenvalue weighted by Crippen LogP contribution is -2.31. The Morgan fingerprint density at radius 3 is 2.65 bits per heavy atom. The Morgan fingerprint density at radius 2 is 2.12 bits per heavy atom. The minimum Gasteiger partial charge on any atom is -0.351 e. The van der Waals surface area contributed by atoms with Gasteiger partial charge in [0.2, 0.25) is 0 Å². The standard InChI is InChI=1S/C12H14BrCl2NO/c1-7(2)11(15)6-16-12(17)8-3-4-10(14)9(13)5-8/h3-5,7,11H,6H2,1-2H3,(H,16,17). The van der Waals surface area contributed by atoms with E-state index < -0.39 is 0 Å². The minimum absolute atomic E-state index is 0.0605. The zero-order valence-electron chi connectivity index (χ0n) is 9.64. The fraction of sp³-hybridized carbons (Fsp3) is 0.417. The molecule has 1 aromatic carbocycles. The first-order valence-electron chi connectivity index (χ1n) is 5.29. The second-order valence-corrected chi connectivity index (χ2v) is 5.92. The van der Waals surface area contributed by atoms with Crippen LogP contribution < -0.4 is 5.32 Å². The lowest BCUT2D eigenvalue weighted by atomic mass is 10.1. The molecule has 0 radical (unpaired) electrons. The van der Waals surface area contributed by atoms with Crippen LogP contribution in [0.15, 0.2) is 22.7 Å². The number of nitrogens with one attached hydrogen (secondary N) is 1. The van der Waals surface area contributed by atoms with Gasteiger partial charge >= 0.3 is 0 Å². The van der Waals surface area contributed by atoms with E-state index in [2.05, 4.69) is 21.2 Å². The van der Waals surface area contributed by atoms with Crippen molar-refractivity contribution < 1.29 is 4.79 Å². The summed E-state index contributed by atoms with van der Waals surface area (Å²) >= 11 is 15.2. The van der Waals surface area contributed by atoms with Crippen molar-refractivity contribution in [2.75, 3.05) is 6.54 Å². The summed E-state index contributed by atoms with van der Waals surface area (Å²) in [6.45, 7) is 4.49. The molecule has 0 aliphatic heterocycles. The number of alkyl halides is 1. The third-order valence-electron chi connectivity index (χ3n) is 2.36. The molecule has 17 heavy (non-hydrogen) atoms. The maximum absolute atomic E-state index is 11.8. The zero-order chi connectivity index (χ0) is 13.0. The van der Waals surface area contributed by atoms with Crippen LogP contribution in [-0.2, 0) is 0 Å². The van der Waals surface area contributed by atoms with E-state index >= 15 is 0 Å². The summed E-state index contributed by atoms with van der Waals surface area (Å²) in [5.41, 5.74) is 0.564. The molecule has 0 saturated carbocycles. The molecule has 1 unspecified atom stereocenters. The molecule has 1 aromatic rings. The van der Waals surface area contributed by atoms with E-state index in [4.69, 9.17) is 23.2 Å². The molecular weight excluding hydrogens is 325 g/mol. The number of carbonyl (C=O) groups is 1. The number of hydrogen-bond donors (Lipinski definition) is 1. The molecule has 2 nitrogen and oxygen atoms in total. The molecule has 1 amide bonds. The molecule has 0 aliphatic rings. The van der Waals surface area contributed by atoms with Crippen LogP contribution in [0, 0.1) is 5.92 Å². The van der Waals surface area contributed by atoms with E-state index in [0.29, 0.717) is 27.5 Å². The molecule has 0 bridgehead atoms. The van der Waals surface area contributed by atoms with Crippen molar-refractivity contribution in [1.82, 2.24) is 5.32 Å². The molecule has 0 fully saturated rings. The topological polar surface area (TPSA) is 29.1 Å². The Balaban J connectivity index is 2.61. The summed E-state index contributed by atoms with van der Waals surface area (Å²) in [4.78, 5) is 11.8. The van der Waals surface area contributed by atoms with Crippen molar-refractivity contribution in [3.63, 3.8) is 0 Å². The maximum Gasteiger partial charge on any atom is 0.251 e. The van der Waals surface area contributed by atoms with E-state index in [-0.39, 0.29) is 11.3 Å². The summed E-state index contributed by atoms with van der Waals surface area (Å²) < 4.78 is 0.707.